The summed E-state index contributed by atoms with van der Waals surface area (Å²) in [6, 6.07) is 0. The number of Topliss-reactive ketones (excluding diaryl/α,β-unsaturated/α-hetero) is 2. The first kappa shape index (κ1) is 13.9. The molecule has 96 valence electrons. The standard InChI is InChI=1S/C13H20O4/c1-8(2)6-10(14)7-9-4-5-11(15)12(9)13(16)17-3/h8-9,12H,4-7H2,1-3H3/t9-,12-/m1/s1. The second-order valence-electron chi connectivity index (χ2n) is 5.11. The first-order chi connectivity index (χ1) is 7.95. The van der Waals surface area contributed by atoms with Crippen LogP contribution in [0.25, 0.3) is 0 Å². The van der Waals surface area contributed by atoms with Gasteiger partial charge in [-0.3, -0.25) is 14.4 Å². The van der Waals surface area contributed by atoms with E-state index in [4.69, 9.17) is 0 Å². The molecule has 0 aromatic carbocycles. The number of rotatable bonds is 5. The third-order valence-electron chi connectivity index (χ3n) is 3.16. The second-order valence-corrected chi connectivity index (χ2v) is 5.11. The Morgan fingerprint density at radius 2 is 2.06 bits per heavy atom. The molecule has 2 atom stereocenters. The minimum Gasteiger partial charge on any atom is -0.468 e. The van der Waals surface area contributed by atoms with Crippen LogP contribution in [0, 0.1) is 17.8 Å². The van der Waals surface area contributed by atoms with E-state index in [1.165, 1.54) is 7.11 Å². The van der Waals surface area contributed by atoms with Gasteiger partial charge in [0.05, 0.1) is 7.11 Å². The number of methoxy groups -OCH3 is 1. The summed E-state index contributed by atoms with van der Waals surface area (Å²) in [5.41, 5.74) is 0. The maximum absolute atomic E-state index is 11.7. The molecule has 1 rings (SSSR count). The summed E-state index contributed by atoms with van der Waals surface area (Å²) in [7, 11) is 1.28. The fourth-order valence-electron chi connectivity index (χ4n) is 2.41. The Balaban J connectivity index is 2.61. The van der Waals surface area contributed by atoms with Crippen LogP contribution in [0.2, 0.25) is 0 Å². The topological polar surface area (TPSA) is 60.4 Å². The van der Waals surface area contributed by atoms with E-state index in [1.54, 1.807) is 0 Å². The SMILES string of the molecule is COC(=O)[C@H]1C(=O)CC[C@@H]1CC(=O)CC(C)C. The largest absolute Gasteiger partial charge is 0.468 e. The molecule has 4 nitrogen and oxygen atoms in total. The maximum atomic E-state index is 11.7. The third-order valence-corrected chi connectivity index (χ3v) is 3.16. The summed E-state index contributed by atoms with van der Waals surface area (Å²) in [4.78, 5) is 34.8. The van der Waals surface area contributed by atoms with Gasteiger partial charge in [0, 0.05) is 19.3 Å². The number of carbonyl (C=O) groups is 3. The Hall–Kier alpha value is -1.19. The zero-order chi connectivity index (χ0) is 13.0. The molecule has 0 aliphatic heterocycles. The number of hydrogen-bond acceptors (Lipinski definition) is 4. The smallest absolute Gasteiger partial charge is 0.316 e. The van der Waals surface area contributed by atoms with Crippen LogP contribution < -0.4 is 0 Å². The fourth-order valence-corrected chi connectivity index (χ4v) is 2.41. The summed E-state index contributed by atoms with van der Waals surface area (Å²) < 4.78 is 4.63. The van der Waals surface area contributed by atoms with Crippen molar-refractivity contribution in [1.82, 2.24) is 0 Å². The van der Waals surface area contributed by atoms with Crippen molar-refractivity contribution in [3.8, 4) is 0 Å². The van der Waals surface area contributed by atoms with Gasteiger partial charge in [-0.1, -0.05) is 13.8 Å². The molecule has 1 aliphatic carbocycles. The highest BCUT2D eigenvalue weighted by atomic mass is 16.5. The molecular weight excluding hydrogens is 220 g/mol. The maximum Gasteiger partial charge on any atom is 0.316 e. The highest BCUT2D eigenvalue weighted by molar-refractivity contribution is 6.01. The summed E-state index contributed by atoms with van der Waals surface area (Å²) in [6.07, 6.45) is 1.85. The third kappa shape index (κ3) is 3.65. The van der Waals surface area contributed by atoms with E-state index < -0.39 is 11.9 Å². The van der Waals surface area contributed by atoms with Crippen LogP contribution in [0.4, 0.5) is 0 Å². The van der Waals surface area contributed by atoms with Gasteiger partial charge in [0.25, 0.3) is 0 Å². The monoisotopic (exact) mass is 240 g/mol. The highest BCUT2D eigenvalue weighted by Crippen LogP contribution is 2.33. The van der Waals surface area contributed by atoms with Crippen molar-refractivity contribution in [2.45, 2.75) is 39.5 Å². The minimum atomic E-state index is -0.712. The number of carbonyl (C=O) groups excluding carboxylic acids is 3. The van der Waals surface area contributed by atoms with Crippen LogP contribution in [0.3, 0.4) is 0 Å². The molecular formula is C13H20O4. The lowest BCUT2D eigenvalue weighted by molar-refractivity contribution is -0.149. The van der Waals surface area contributed by atoms with Gasteiger partial charge in [0.2, 0.25) is 0 Å². The van der Waals surface area contributed by atoms with Gasteiger partial charge in [-0.2, -0.15) is 0 Å². The molecule has 0 radical (unpaired) electrons. The molecule has 0 spiro atoms. The number of hydrogen-bond donors (Lipinski definition) is 0. The molecule has 0 aromatic rings. The van der Waals surface area contributed by atoms with Gasteiger partial charge in [0.15, 0.2) is 0 Å². The van der Waals surface area contributed by atoms with Crippen LogP contribution in [-0.4, -0.2) is 24.6 Å². The number of ether oxygens (including phenoxy) is 1. The number of ketones is 2. The molecule has 1 saturated carbocycles. The normalized spacial score (nSPS) is 24.1. The first-order valence-electron chi connectivity index (χ1n) is 6.08. The minimum absolute atomic E-state index is 0.0841. The summed E-state index contributed by atoms with van der Waals surface area (Å²) in [5, 5.41) is 0. The molecule has 0 heterocycles. The van der Waals surface area contributed by atoms with Gasteiger partial charge >= 0.3 is 5.97 Å². The second kappa shape index (κ2) is 5.94. The van der Waals surface area contributed by atoms with Crippen LogP contribution in [0.1, 0.15) is 39.5 Å². The Labute approximate surface area is 102 Å². The lowest BCUT2D eigenvalue weighted by atomic mass is 9.89. The van der Waals surface area contributed by atoms with E-state index in [2.05, 4.69) is 4.74 Å². The molecule has 17 heavy (non-hydrogen) atoms. The predicted molar refractivity (Wildman–Crippen MR) is 62.3 cm³/mol. The van der Waals surface area contributed by atoms with E-state index in [0.717, 1.165) is 0 Å². The Morgan fingerprint density at radius 1 is 1.41 bits per heavy atom. The van der Waals surface area contributed by atoms with Crippen molar-refractivity contribution in [2.75, 3.05) is 7.11 Å². The van der Waals surface area contributed by atoms with Crippen molar-refractivity contribution in [3.63, 3.8) is 0 Å². The lowest BCUT2D eigenvalue weighted by Crippen LogP contribution is -2.27. The van der Waals surface area contributed by atoms with Crippen molar-refractivity contribution in [3.05, 3.63) is 0 Å². The molecule has 0 unspecified atom stereocenters. The average Bonchev–Trinajstić information content (AvgIpc) is 2.57. The molecule has 0 N–H and O–H groups in total. The first-order valence-corrected chi connectivity index (χ1v) is 6.08. The van der Waals surface area contributed by atoms with Gasteiger partial charge in [-0.15, -0.1) is 0 Å². The zero-order valence-corrected chi connectivity index (χ0v) is 10.7. The highest BCUT2D eigenvalue weighted by Gasteiger charge is 2.41. The predicted octanol–water partition coefficient (Wildman–Crippen LogP) is 1.76. The Morgan fingerprint density at radius 3 is 2.59 bits per heavy atom. The quantitative estimate of drug-likeness (QED) is 0.542. The van der Waals surface area contributed by atoms with E-state index in [0.29, 0.717) is 31.6 Å². The van der Waals surface area contributed by atoms with Gasteiger partial charge < -0.3 is 4.74 Å². The van der Waals surface area contributed by atoms with E-state index in [1.807, 2.05) is 13.8 Å². The summed E-state index contributed by atoms with van der Waals surface area (Å²) >= 11 is 0. The van der Waals surface area contributed by atoms with Crippen LogP contribution in [-0.2, 0) is 19.1 Å². The average molecular weight is 240 g/mol. The number of esters is 1. The fraction of sp³-hybridized carbons (Fsp3) is 0.769. The van der Waals surface area contributed by atoms with Crippen LogP contribution in [0.5, 0.6) is 0 Å². The summed E-state index contributed by atoms with van der Waals surface area (Å²) in [6.45, 7) is 3.96. The van der Waals surface area contributed by atoms with E-state index in [9.17, 15) is 14.4 Å². The van der Waals surface area contributed by atoms with Gasteiger partial charge in [-0.05, 0) is 18.3 Å². The molecule has 4 heteroatoms. The Bertz CT molecular complexity index is 319. The van der Waals surface area contributed by atoms with Crippen LogP contribution in [0.15, 0.2) is 0 Å². The van der Waals surface area contributed by atoms with Crippen molar-refractivity contribution >= 4 is 17.5 Å². The van der Waals surface area contributed by atoms with E-state index >= 15 is 0 Å². The Kier molecular flexibility index (Phi) is 4.85. The van der Waals surface area contributed by atoms with Crippen molar-refractivity contribution in [1.29, 1.82) is 0 Å². The molecule has 0 aromatic heterocycles. The van der Waals surface area contributed by atoms with E-state index in [-0.39, 0.29) is 17.5 Å². The van der Waals surface area contributed by atoms with Crippen molar-refractivity contribution in [2.24, 2.45) is 17.8 Å². The lowest BCUT2D eigenvalue weighted by Gasteiger charge is -2.15. The molecule has 0 bridgehead atoms. The van der Waals surface area contributed by atoms with Crippen LogP contribution >= 0.6 is 0 Å². The molecule has 0 amide bonds. The zero-order valence-electron chi connectivity index (χ0n) is 10.7. The van der Waals surface area contributed by atoms with Gasteiger partial charge in [0.1, 0.15) is 17.5 Å². The van der Waals surface area contributed by atoms with Crippen molar-refractivity contribution < 1.29 is 19.1 Å². The molecule has 0 saturated heterocycles. The molecule has 1 aliphatic rings. The van der Waals surface area contributed by atoms with Gasteiger partial charge in [-0.25, -0.2) is 0 Å². The molecule has 1 fully saturated rings. The summed E-state index contributed by atoms with van der Waals surface area (Å²) in [5.74, 6) is -0.990.